The zero-order valence-corrected chi connectivity index (χ0v) is 49.0. The monoisotopic (exact) mass is 1100 g/mol. The number of phosphoric acid groups is 1. The van der Waals surface area contributed by atoms with Crippen molar-refractivity contribution < 1.29 is 51.8 Å². The highest BCUT2D eigenvalue weighted by atomic mass is 31.2. The van der Waals surface area contributed by atoms with Crippen LogP contribution in [0, 0.1) is 11.8 Å². The molecule has 1 aliphatic rings. The Morgan fingerprint density at radius 3 is 1.28 bits per heavy atom. The highest BCUT2D eigenvalue weighted by molar-refractivity contribution is 7.48. The fourth-order valence-corrected chi connectivity index (χ4v) is 11.7. The second kappa shape index (κ2) is 42.0. The van der Waals surface area contributed by atoms with Crippen LogP contribution in [0.3, 0.4) is 0 Å². The number of carbonyl (C=O) groups is 2. The van der Waals surface area contributed by atoms with Crippen LogP contribution in [0.1, 0.15) is 210 Å². The van der Waals surface area contributed by atoms with Crippen molar-refractivity contribution >= 4 is 19.8 Å². The lowest BCUT2D eigenvalue weighted by Crippen LogP contribution is -2.59. The van der Waals surface area contributed by atoms with Crippen molar-refractivity contribution in [3.05, 3.63) is 133 Å². The van der Waals surface area contributed by atoms with Gasteiger partial charge < -0.3 is 24.1 Å². The largest absolute Gasteiger partial charge is 0.475 e. The van der Waals surface area contributed by atoms with Gasteiger partial charge in [0.25, 0.3) is 0 Å². The number of aliphatic hydroxyl groups is 1. The van der Waals surface area contributed by atoms with Gasteiger partial charge in [0, 0.05) is 24.7 Å². The summed E-state index contributed by atoms with van der Waals surface area (Å²) in [6.45, 7) is 12.1. The molecule has 1 fully saturated rings. The molecule has 0 heterocycles. The minimum atomic E-state index is -4.72. The van der Waals surface area contributed by atoms with E-state index in [-0.39, 0.29) is 39.3 Å². The summed E-state index contributed by atoms with van der Waals surface area (Å²) in [7, 11) is -4.72. The second-order valence-electron chi connectivity index (χ2n) is 21.5. The SMILES string of the molecule is C=CC1C(C=C)C(OCc2ccccc2)C(OP(=O)(OCc2ccccc2)OC[C@@H](COC(=O)CCCCCCCCCCCCCCC)OC(=O)CCCCCCCCCCCCCCC)C(O)C1OCc1ccccc1. The summed E-state index contributed by atoms with van der Waals surface area (Å²) in [5.41, 5.74) is 2.45. The van der Waals surface area contributed by atoms with Crippen LogP contribution in [0.5, 0.6) is 0 Å². The number of esters is 2. The molecule has 7 unspecified atom stereocenters. The maximum atomic E-state index is 15.4. The van der Waals surface area contributed by atoms with Crippen molar-refractivity contribution in [1.82, 2.24) is 0 Å². The number of hydrogen-bond donors (Lipinski definition) is 1. The van der Waals surface area contributed by atoms with Gasteiger partial charge in [-0.3, -0.25) is 23.2 Å². The van der Waals surface area contributed by atoms with Crippen LogP contribution in [0.15, 0.2) is 116 Å². The average Bonchev–Trinajstić information content (AvgIpc) is 3.51. The highest BCUT2D eigenvalue weighted by Crippen LogP contribution is 2.54. The Hall–Kier alpha value is -3.93. The van der Waals surface area contributed by atoms with E-state index < -0.39 is 68.7 Å². The van der Waals surface area contributed by atoms with E-state index in [1.165, 1.54) is 116 Å². The zero-order valence-electron chi connectivity index (χ0n) is 48.1. The number of ether oxygens (including phenoxy) is 4. The summed E-state index contributed by atoms with van der Waals surface area (Å²) in [6.07, 6.45) is 29.0. The molecule has 0 spiro atoms. The first-order valence-corrected chi connectivity index (χ1v) is 31.9. The van der Waals surface area contributed by atoms with Crippen molar-refractivity contribution in [2.75, 3.05) is 13.2 Å². The van der Waals surface area contributed by atoms with E-state index in [9.17, 15) is 14.7 Å². The van der Waals surface area contributed by atoms with E-state index >= 15 is 4.57 Å². The Morgan fingerprint density at radius 1 is 0.487 bits per heavy atom. The molecule has 0 bridgehead atoms. The van der Waals surface area contributed by atoms with Crippen LogP contribution in [0.2, 0.25) is 0 Å². The van der Waals surface area contributed by atoms with Crippen LogP contribution in [-0.4, -0.2) is 60.8 Å². The number of unbranched alkanes of at least 4 members (excludes halogenated alkanes) is 24. The molecule has 1 saturated carbocycles. The molecule has 0 aromatic heterocycles. The van der Waals surface area contributed by atoms with Crippen LogP contribution < -0.4 is 0 Å². The van der Waals surface area contributed by atoms with E-state index in [1.54, 1.807) is 12.2 Å². The van der Waals surface area contributed by atoms with E-state index in [2.05, 4.69) is 27.0 Å². The number of aliphatic hydroxyl groups excluding tert-OH is 1. The summed E-state index contributed by atoms with van der Waals surface area (Å²) >= 11 is 0. The topological polar surface area (TPSA) is 136 Å². The molecule has 78 heavy (non-hydrogen) atoms. The molecule has 8 atom stereocenters. The first-order chi connectivity index (χ1) is 38.2. The number of rotatable bonds is 47. The number of hydrogen-bond acceptors (Lipinski definition) is 11. The minimum absolute atomic E-state index is 0.139. The molecule has 3 aromatic rings. The molecule has 0 amide bonds. The summed E-state index contributed by atoms with van der Waals surface area (Å²) in [5, 5.41) is 12.4. The maximum Gasteiger partial charge on any atom is 0.475 e. The van der Waals surface area contributed by atoms with Gasteiger partial charge in [-0.15, -0.1) is 13.2 Å². The average molecular weight is 1100 g/mol. The number of carbonyl (C=O) groups excluding carboxylic acids is 2. The molecule has 1 aliphatic carbocycles. The van der Waals surface area contributed by atoms with Crippen molar-refractivity contribution in [1.29, 1.82) is 0 Å². The second-order valence-corrected chi connectivity index (χ2v) is 23.1. The molecule has 0 aliphatic heterocycles. The molecular formula is C66H101O11P. The molecule has 1 N–H and O–H groups in total. The van der Waals surface area contributed by atoms with Crippen molar-refractivity contribution in [2.24, 2.45) is 11.8 Å². The van der Waals surface area contributed by atoms with Gasteiger partial charge in [-0.05, 0) is 29.5 Å². The fourth-order valence-electron chi connectivity index (χ4n) is 10.3. The lowest BCUT2D eigenvalue weighted by molar-refractivity contribution is -0.199. The van der Waals surface area contributed by atoms with Crippen molar-refractivity contribution in [3.63, 3.8) is 0 Å². The summed E-state index contributed by atoms with van der Waals surface area (Å²) < 4.78 is 59.0. The Balaban J connectivity index is 1.46. The van der Waals surface area contributed by atoms with Crippen LogP contribution in [-0.2, 0) is 66.5 Å². The smallest absolute Gasteiger partial charge is 0.462 e. The standard InChI is InChI=1S/C66H101O11P/c1-5-9-11-13-15-17-19-21-23-25-27-29-40-48-61(67)71-53-58(76-62(68)49-41-30-28-26-24-22-20-18-16-14-12-10-6-2)54-75-78(70,74-52-57-46-38-33-39-47-57)77-66-63(69)64(72-50-55-42-34-31-35-43-55)59(7-3)60(8-4)65(66)73-51-56-44-36-32-37-45-56/h7-8,31-39,42-47,58-60,63-66,69H,3-6,9-30,40-41,48-54H2,1-2H3/t58-,59?,60?,63?,64?,65?,66?,78?/m1/s1. The van der Waals surface area contributed by atoms with E-state index in [0.29, 0.717) is 18.4 Å². The molecule has 3 aromatic carbocycles. The van der Waals surface area contributed by atoms with Gasteiger partial charge in [0.1, 0.15) is 18.8 Å². The van der Waals surface area contributed by atoms with Crippen LogP contribution in [0.25, 0.3) is 0 Å². The third-order valence-corrected chi connectivity index (χ3v) is 16.3. The van der Waals surface area contributed by atoms with Crippen molar-refractivity contribution in [2.45, 2.75) is 244 Å². The fraction of sp³-hybridized carbons (Fsp3) is 0.636. The maximum absolute atomic E-state index is 15.4. The first kappa shape index (κ1) is 66.6. The molecule has 4 rings (SSSR count). The quantitative estimate of drug-likeness (QED) is 0.0250. The number of benzene rings is 3. The molecule has 11 nitrogen and oxygen atoms in total. The van der Waals surface area contributed by atoms with Crippen LogP contribution in [0.4, 0.5) is 0 Å². The Bertz CT molecular complexity index is 2040. The molecule has 0 saturated heterocycles. The minimum Gasteiger partial charge on any atom is -0.462 e. The molecular weight excluding hydrogens is 1000 g/mol. The Kier molecular flexibility index (Phi) is 35.8. The van der Waals surface area contributed by atoms with Crippen LogP contribution >= 0.6 is 7.82 Å². The summed E-state index contributed by atoms with van der Waals surface area (Å²) in [6, 6.07) is 28.4. The molecule has 0 radical (unpaired) electrons. The predicted octanol–water partition coefficient (Wildman–Crippen LogP) is 17.3. The first-order valence-electron chi connectivity index (χ1n) is 30.4. The third-order valence-electron chi connectivity index (χ3n) is 14.9. The molecule has 436 valence electrons. The molecule has 12 heteroatoms. The Labute approximate surface area is 471 Å². The van der Waals surface area contributed by atoms with E-state index in [1.807, 2.05) is 91.0 Å². The third kappa shape index (κ3) is 28.0. The van der Waals surface area contributed by atoms with Gasteiger partial charge in [0.05, 0.1) is 38.6 Å². The lowest BCUT2D eigenvalue weighted by atomic mass is 9.72. The normalized spacial score (nSPS) is 19.4. The summed E-state index contributed by atoms with van der Waals surface area (Å²) in [4.78, 5) is 26.7. The van der Waals surface area contributed by atoms with Gasteiger partial charge in [-0.2, -0.15) is 0 Å². The van der Waals surface area contributed by atoms with E-state index in [4.69, 9.17) is 32.5 Å². The van der Waals surface area contributed by atoms with Gasteiger partial charge >= 0.3 is 19.8 Å². The predicted molar refractivity (Wildman–Crippen MR) is 315 cm³/mol. The van der Waals surface area contributed by atoms with Gasteiger partial charge in [-0.1, -0.05) is 271 Å². The van der Waals surface area contributed by atoms with Gasteiger partial charge in [0.2, 0.25) is 0 Å². The lowest BCUT2D eigenvalue weighted by Gasteiger charge is -2.47. The Morgan fingerprint density at radius 2 is 0.859 bits per heavy atom. The summed E-state index contributed by atoms with van der Waals surface area (Å²) in [5.74, 6) is -1.90. The van der Waals surface area contributed by atoms with E-state index in [0.717, 1.165) is 49.7 Å². The van der Waals surface area contributed by atoms with Gasteiger partial charge in [0.15, 0.2) is 6.10 Å². The highest BCUT2D eigenvalue weighted by Gasteiger charge is 2.53. The number of phosphoric ester groups is 1. The zero-order chi connectivity index (χ0) is 55.7. The van der Waals surface area contributed by atoms with Gasteiger partial charge in [-0.25, -0.2) is 4.57 Å². The van der Waals surface area contributed by atoms with Crippen molar-refractivity contribution in [3.8, 4) is 0 Å².